The Labute approximate surface area is 139 Å². The number of rotatable bonds is 2. The highest BCUT2D eigenvalue weighted by atomic mass is 16.5. The van der Waals surface area contributed by atoms with Crippen LogP contribution in [0.5, 0.6) is 0 Å². The van der Waals surface area contributed by atoms with E-state index in [0.717, 1.165) is 10.9 Å². The van der Waals surface area contributed by atoms with Crippen LogP contribution < -0.4 is 0 Å². The van der Waals surface area contributed by atoms with Crippen molar-refractivity contribution in [1.82, 2.24) is 4.90 Å². The maximum Gasteiger partial charge on any atom is 0.311 e. The second kappa shape index (κ2) is 5.34. The molecule has 0 saturated carbocycles. The van der Waals surface area contributed by atoms with E-state index in [1.54, 1.807) is 11.0 Å². The molecule has 6 nitrogen and oxygen atoms in total. The van der Waals surface area contributed by atoms with Crippen LogP contribution >= 0.6 is 0 Å². The Bertz CT molecular complexity index is 826. The van der Waals surface area contributed by atoms with Crippen LogP contribution in [0.3, 0.4) is 0 Å². The number of carboxylic acid groups (broad SMARTS) is 1. The summed E-state index contributed by atoms with van der Waals surface area (Å²) in [5.41, 5.74) is 0.865. The molecule has 1 N–H and O–H groups in total. The summed E-state index contributed by atoms with van der Waals surface area (Å²) in [5, 5.41) is 10.6. The van der Waals surface area contributed by atoms with Gasteiger partial charge in [-0.2, -0.15) is 0 Å². The lowest BCUT2D eigenvalue weighted by Crippen LogP contribution is -2.45. The van der Waals surface area contributed by atoms with Crippen molar-refractivity contribution in [3.63, 3.8) is 0 Å². The summed E-state index contributed by atoms with van der Waals surface area (Å²) in [4.78, 5) is 26.2. The Morgan fingerprint density at radius 3 is 2.92 bits per heavy atom. The van der Waals surface area contributed by atoms with Crippen molar-refractivity contribution in [2.75, 3.05) is 26.3 Å². The van der Waals surface area contributed by atoms with E-state index < -0.39 is 11.4 Å². The molecule has 1 amide bonds. The smallest absolute Gasteiger partial charge is 0.311 e. The van der Waals surface area contributed by atoms with Crippen LogP contribution in [-0.4, -0.2) is 48.2 Å². The predicted octanol–water partition coefficient (Wildman–Crippen LogP) is 2.30. The quantitative estimate of drug-likeness (QED) is 0.914. The van der Waals surface area contributed by atoms with Crippen LogP contribution in [0.15, 0.2) is 28.7 Å². The number of benzene rings is 1. The first-order valence-corrected chi connectivity index (χ1v) is 8.10. The van der Waals surface area contributed by atoms with Gasteiger partial charge in [-0.05, 0) is 31.5 Å². The maximum absolute atomic E-state index is 12.8. The largest absolute Gasteiger partial charge is 0.481 e. The average Bonchev–Trinajstić information content (AvgIpc) is 3.15. The number of hydrogen-bond donors (Lipinski definition) is 1. The molecule has 2 aliphatic rings. The normalized spacial score (nSPS) is 26.5. The van der Waals surface area contributed by atoms with Crippen LogP contribution in [0.4, 0.5) is 0 Å². The zero-order chi connectivity index (χ0) is 16.9. The van der Waals surface area contributed by atoms with Crippen molar-refractivity contribution in [2.24, 2.45) is 11.3 Å². The fourth-order valence-electron chi connectivity index (χ4n) is 3.88. The average molecular weight is 329 g/mol. The summed E-state index contributed by atoms with van der Waals surface area (Å²) in [5.74, 6) is -1.000. The predicted molar refractivity (Wildman–Crippen MR) is 85.8 cm³/mol. The lowest BCUT2D eigenvalue weighted by molar-refractivity contribution is -0.157. The van der Waals surface area contributed by atoms with E-state index in [2.05, 4.69) is 0 Å². The number of ether oxygens (including phenoxy) is 1. The summed E-state index contributed by atoms with van der Waals surface area (Å²) in [7, 11) is 0. The molecule has 126 valence electrons. The molecule has 2 atom stereocenters. The molecule has 2 fully saturated rings. The molecule has 0 aliphatic carbocycles. The summed E-state index contributed by atoms with van der Waals surface area (Å²) >= 11 is 0. The maximum atomic E-state index is 12.8. The topological polar surface area (TPSA) is 80.0 Å². The Morgan fingerprint density at radius 2 is 2.17 bits per heavy atom. The van der Waals surface area contributed by atoms with E-state index in [1.165, 1.54) is 0 Å². The first-order valence-electron chi connectivity index (χ1n) is 8.10. The number of furan rings is 1. The number of aliphatic carboxylic acids is 1. The molecule has 1 aromatic heterocycles. The van der Waals surface area contributed by atoms with Crippen molar-refractivity contribution in [3.8, 4) is 0 Å². The molecule has 2 aromatic rings. The third-order valence-electron chi connectivity index (χ3n) is 5.30. The zero-order valence-corrected chi connectivity index (χ0v) is 13.4. The van der Waals surface area contributed by atoms with Gasteiger partial charge in [0.15, 0.2) is 5.76 Å². The summed E-state index contributed by atoms with van der Waals surface area (Å²) in [6.45, 7) is 3.40. The van der Waals surface area contributed by atoms with Crippen molar-refractivity contribution < 1.29 is 23.8 Å². The van der Waals surface area contributed by atoms with Gasteiger partial charge in [-0.1, -0.05) is 11.6 Å². The summed E-state index contributed by atoms with van der Waals surface area (Å²) in [6, 6.07) is 7.47. The molecule has 0 bridgehead atoms. The fourth-order valence-corrected chi connectivity index (χ4v) is 3.88. The van der Waals surface area contributed by atoms with Gasteiger partial charge in [0.2, 0.25) is 0 Å². The molecular formula is C18H19NO5. The van der Waals surface area contributed by atoms with Crippen LogP contribution in [0.25, 0.3) is 11.0 Å². The van der Waals surface area contributed by atoms with Gasteiger partial charge in [0.25, 0.3) is 5.91 Å². The first-order chi connectivity index (χ1) is 11.5. The van der Waals surface area contributed by atoms with Crippen LogP contribution in [-0.2, 0) is 9.53 Å². The lowest BCUT2D eigenvalue weighted by atomic mass is 9.74. The number of aryl methyl sites for hydroxylation is 1. The van der Waals surface area contributed by atoms with Gasteiger partial charge in [-0.25, -0.2) is 0 Å². The van der Waals surface area contributed by atoms with E-state index in [1.807, 2.05) is 25.1 Å². The van der Waals surface area contributed by atoms with E-state index >= 15 is 0 Å². The Balaban J connectivity index is 1.63. The van der Waals surface area contributed by atoms with Gasteiger partial charge in [0.05, 0.1) is 12.0 Å². The minimum Gasteiger partial charge on any atom is -0.481 e. The minimum atomic E-state index is -0.892. The SMILES string of the molecule is Cc1ccc2oc(C(=O)N3C[C@H]4COCC[C@@]4(C(=O)O)C3)cc2c1. The standard InChI is InChI=1S/C18H19NO5/c1-11-2-3-14-12(6-11)7-15(24-14)16(20)19-8-13-9-23-5-4-18(13,10-19)17(21)22/h2-3,6-7,13H,4-5,8-10H2,1H3,(H,21,22)/t13-,18+/m0/s1. The molecule has 2 saturated heterocycles. The van der Waals surface area contributed by atoms with Gasteiger partial charge in [0.1, 0.15) is 5.58 Å². The molecule has 0 spiro atoms. The van der Waals surface area contributed by atoms with Gasteiger partial charge < -0.3 is 19.2 Å². The van der Waals surface area contributed by atoms with Crippen LogP contribution in [0.2, 0.25) is 0 Å². The number of carboxylic acids is 1. The fraction of sp³-hybridized carbons (Fsp3) is 0.444. The molecule has 0 radical (unpaired) electrons. The van der Waals surface area contributed by atoms with Crippen molar-refractivity contribution in [2.45, 2.75) is 13.3 Å². The number of hydrogen-bond acceptors (Lipinski definition) is 4. The second-order valence-electron chi connectivity index (χ2n) is 6.82. The molecule has 1 aromatic carbocycles. The van der Waals surface area contributed by atoms with E-state index in [4.69, 9.17) is 9.15 Å². The highest BCUT2D eigenvalue weighted by Gasteiger charge is 2.55. The monoisotopic (exact) mass is 329 g/mol. The van der Waals surface area contributed by atoms with E-state index in [0.29, 0.717) is 31.8 Å². The molecular weight excluding hydrogens is 310 g/mol. The highest BCUT2D eigenvalue weighted by Crippen LogP contribution is 2.43. The third kappa shape index (κ3) is 2.21. The number of carbonyl (C=O) groups is 2. The third-order valence-corrected chi connectivity index (χ3v) is 5.30. The van der Waals surface area contributed by atoms with Crippen molar-refractivity contribution in [1.29, 1.82) is 0 Å². The molecule has 3 heterocycles. The van der Waals surface area contributed by atoms with E-state index in [-0.39, 0.29) is 24.1 Å². The Kier molecular flexibility index (Phi) is 3.38. The van der Waals surface area contributed by atoms with Crippen molar-refractivity contribution >= 4 is 22.8 Å². The highest BCUT2D eigenvalue weighted by molar-refractivity contribution is 5.97. The van der Waals surface area contributed by atoms with Gasteiger partial charge in [-0.15, -0.1) is 0 Å². The molecule has 2 aliphatic heterocycles. The molecule has 6 heteroatoms. The Morgan fingerprint density at radius 1 is 1.33 bits per heavy atom. The minimum absolute atomic E-state index is 0.167. The first kappa shape index (κ1) is 15.2. The summed E-state index contributed by atoms with van der Waals surface area (Å²) in [6.07, 6.45) is 0.441. The lowest BCUT2D eigenvalue weighted by Gasteiger charge is -2.33. The number of likely N-dealkylation sites (tertiary alicyclic amines) is 1. The van der Waals surface area contributed by atoms with Crippen LogP contribution in [0, 0.1) is 18.3 Å². The van der Waals surface area contributed by atoms with Crippen LogP contribution in [0.1, 0.15) is 22.5 Å². The van der Waals surface area contributed by atoms with Gasteiger partial charge in [-0.3, -0.25) is 9.59 Å². The second-order valence-corrected chi connectivity index (χ2v) is 6.82. The van der Waals surface area contributed by atoms with Crippen molar-refractivity contribution in [3.05, 3.63) is 35.6 Å². The number of nitrogens with zero attached hydrogens (tertiary/aromatic N) is 1. The zero-order valence-electron chi connectivity index (χ0n) is 13.4. The number of carbonyl (C=O) groups excluding carboxylic acids is 1. The number of fused-ring (bicyclic) bond motifs is 2. The number of amides is 1. The molecule has 24 heavy (non-hydrogen) atoms. The molecule has 0 unspecified atom stereocenters. The Hall–Kier alpha value is -2.34. The molecule has 4 rings (SSSR count). The van der Waals surface area contributed by atoms with Gasteiger partial charge in [0, 0.05) is 31.0 Å². The van der Waals surface area contributed by atoms with Gasteiger partial charge >= 0.3 is 5.97 Å². The van der Waals surface area contributed by atoms with E-state index in [9.17, 15) is 14.7 Å². The summed E-state index contributed by atoms with van der Waals surface area (Å²) < 4.78 is 11.1.